The summed E-state index contributed by atoms with van der Waals surface area (Å²) < 4.78 is 4.84. The lowest BCUT2D eigenvalue weighted by Gasteiger charge is -2.61. The van der Waals surface area contributed by atoms with Gasteiger partial charge in [-0.3, -0.25) is 0 Å². The molecule has 0 amide bonds. The first-order chi connectivity index (χ1) is 33.2. The first-order valence-corrected chi connectivity index (χ1v) is 24.5. The van der Waals surface area contributed by atoms with E-state index in [1.807, 2.05) is 0 Å². The maximum atomic E-state index is 2.55. The second-order valence-electron chi connectivity index (χ2n) is 20.1. The van der Waals surface area contributed by atoms with Crippen molar-refractivity contribution in [1.29, 1.82) is 0 Å². The van der Waals surface area contributed by atoms with Gasteiger partial charge in [-0.25, -0.2) is 0 Å². The second-order valence-corrected chi connectivity index (χ2v) is 20.1. The van der Waals surface area contributed by atoms with Gasteiger partial charge in [-0.05, 0) is 168 Å². The van der Waals surface area contributed by atoms with Gasteiger partial charge in [-0.2, -0.15) is 0 Å². The number of fused-ring (bicyclic) bond motifs is 9. The molecule has 0 atom stereocenters. The number of hydrogen-bond donors (Lipinski definition) is 0. The molecule has 11 aromatic rings. The number of anilines is 3. The first-order valence-electron chi connectivity index (χ1n) is 24.5. The molecule has 4 saturated carbocycles. The van der Waals surface area contributed by atoms with E-state index in [2.05, 4.69) is 226 Å². The Kier molecular flexibility index (Phi) is 7.96. The minimum atomic E-state index is 0.183. The normalized spacial score (nSPS) is 21.2. The van der Waals surface area contributed by atoms with Crippen LogP contribution in [0.2, 0.25) is 0 Å². The molecule has 5 aliphatic carbocycles. The van der Waals surface area contributed by atoms with Crippen molar-refractivity contribution in [2.45, 2.75) is 37.5 Å². The van der Waals surface area contributed by atoms with Crippen molar-refractivity contribution in [3.05, 3.63) is 223 Å². The predicted octanol–water partition coefficient (Wildman–Crippen LogP) is 16.7. The van der Waals surface area contributed by atoms with Crippen molar-refractivity contribution in [2.24, 2.45) is 23.7 Å². The van der Waals surface area contributed by atoms with E-state index in [4.69, 9.17) is 0 Å². The highest BCUT2D eigenvalue weighted by atomic mass is 15.1. The third kappa shape index (κ3) is 5.34. The number of nitrogens with zero attached hydrogens (tertiary/aromatic N) is 3. The average Bonchev–Trinajstić information content (AvgIpc) is 4.00. The van der Waals surface area contributed by atoms with Gasteiger partial charge in [0, 0.05) is 55.4 Å². The number of aromatic nitrogens is 2. The van der Waals surface area contributed by atoms with Crippen LogP contribution in [0.5, 0.6) is 0 Å². The van der Waals surface area contributed by atoms with Gasteiger partial charge in [0.05, 0.1) is 22.1 Å². The zero-order chi connectivity index (χ0) is 43.8. The SMILES string of the molecule is c1ccc(-n2c3ccccc3c3ccc(N(c4ccc(-c5ccc6c(c5)-c5ccccc5C65C6CC7CC(C6)CC5C7)cc4)c4ccc5c6ccccc6n(-c6ccccc6)c5c4)cc32)cc1. The molecule has 9 aromatic carbocycles. The lowest BCUT2D eigenvalue weighted by atomic mass is 9.43. The van der Waals surface area contributed by atoms with E-state index in [-0.39, 0.29) is 5.41 Å². The summed E-state index contributed by atoms with van der Waals surface area (Å²) in [4.78, 5) is 2.46. The molecule has 4 fully saturated rings. The van der Waals surface area contributed by atoms with Crippen LogP contribution in [0.1, 0.15) is 43.2 Å². The van der Waals surface area contributed by atoms with Gasteiger partial charge in [-0.1, -0.05) is 133 Å². The quantitative estimate of drug-likeness (QED) is 0.162. The van der Waals surface area contributed by atoms with E-state index in [1.165, 1.54) is 98.0 Å². The molecular weight excluding hydrogens is 811 g/mol. The molecule has 3 nitrogen and oxygen atoms in total. The summed E-state index contributed by atoms with van der Waals surface area (Å²) >= 11 is 0. The molecule has 16 rings (SSSR count). The van der Waals surface area contributed by atoms with E-state index in [1.54, 1.807) is 11.1 Å². The fourth-order valence-corrected chi connectivity index (χ4v) is 14.5. The summed E-state index contributed by atoms with van der Waals surface area (Å²) in [6.45, 7) is 0. The van der Waals surface area contributed by atoms with Crippen LogP contribution in [-0.4, -0.2) is 9.13 Å². The molecule has 0 unspecified atom stereocenters. The lowest BCUT2D eigenvalue weighted by molar-refractivity contribution is -0.0399. The number of benzene rings is 9. The maximum absolute atomic E-state index is 2.55. The summed E-state index contributed by atoms with van der Waals surface area (Å²) in [5, 5.41) is 4.99. The number of para-hydroxylation sites is 4. The van der Waals surface area contributed by atoms with Crippen LogP contribution in [0, 0.1) is 23.7 Å². The van der Waals surface area contributed by atoms with Gasteiger partial charge in [0.2, 0.25) is 0 Å². The maximum Gasteiger partial charge on any atom is 0.0561 e. The van der Waals surface area contributed by atoms with E-state index in [9.17, 15) is 0 Å². The summed E-state index contributed by atoms with van der Waals surface area (Å²) in [5.41, 5.74) is 19.3. The van der Waals surface area contributed by atoms with Gasteiger partial charge in [0.1, 0.15) is 0 Å². The first kappa shape index (κ1) is 37.6. The largest absolute Gasteiger partial charge is 0.310 e. The smallest absolute Gasteiger partial charge is 0.0561 e. The Morgan fingerprint density at radius 2 is 0.806 bits per heavy atom. The predicted molar refractivity (Wildman–Crippen MR) is 278 cm³/mol. The molecule has 1 spiro atoms. The zero-order valence-corrected chi connectivity index (χ0v) is 37.4. The lowest BCUT2D eigenvalue weighted by Crippen LogP contribution is -2.55. The molecule has 0 aliphatic heterocycles. The van der Waals surface area contributed by atoms with Gasteiger partial charge >= 0.3 is 0 Å². The second kappa shape index (κ2) is 14.2. The van der Waals surface area contributed by atoms with Gasteiger partial charge in [0.25, 0.3) is 0 Å². The Balaban J connectivity index is 0.899. The fraction of sp³-hybridized carbons (Fsp3) is 0.156. The molecule has 2 aromatic heterocycles. The Hall–Kier alpha value is -7.62. The van der Waals surface area contributed by atoms with Crippen molar-refractivity contribution in [1.82, 2.24) is 9.13 Å². The van der Waals surface area contributed by atoms with E-state index in [0.29, 0.717) is 0 Å². The van der Waals surface area contributed by atoms with Crippen LogP contribution >= 0.6 is 0 Å². The molecule has 320 valence electrons. The van der Waals surface area contributed by atoms with Crippen molar-refractivity contribution >= 4 is 60.7 Å². The van der Waals surface area contributed by atoms with Crippen LogP contribution < -0.4 is 4.90 Å². The average molecular weight is 860 g/mol. The molecule has 4 bridgehead atoms. The van der Waals surface area contributed by atoms with Crippen molar-refractivity contribution in [2.75, 3.05) is 4.90 Å². The molecule has 0 saturated heterocycles. The summed E-state index contributed by atoms with van der Waals surface area (Å²) in [5.74, 6) is 3.41. The van der Waals surface area contributed by atoms with Crippen molar-refractivity contribution < 1.29 is 0 Å². The van der Waals surface area contributed by atoms with Crippen LogP contribution in [0.3, 0.4) is 0 Å². The molecule has 5 aliphatic rings. The van der Waals surface area contributed by atoms with Crippen molar-refractivity contribution in [3.63, 3.8) is 0 Å². The molecule has 2 heterocycles. The van der Waals surface area contributed by atoms with Gasteiger partial charge in [-0.15, -0.1) is 0 Å². The fourth-order valence-electron chi connectivity index (χ4n) is 14.5. The van der Waals surface area contributed by atoms with E-state index in [0.717, 1.165) is 52.1 Å². The highest BCUT2D eigenvalue weighted by molar-refractivity contribution is 6.12. The minimum absolute atomic E-state index is 0.183. The van der Waals surface area contributed by atoms with Crippen LogP contribution in [0.15, 0.2) is 212 Å². The zero-order valence-electron chi connectivity index (χ0n) is 37.4. The third-order valence-corrected chi connectivity index (χ3v) is 16.9. The highest BCUT2D eigenvalue weighted by Crippen LogP contribution is 2.69. The monoisotopic (exact) mass is 859 g/mol. The highest BCUT2D eigenvalue weighted by Gasteiger charge is 2.61. The van der Waals surface area contributed by atoms with Crippen LogP contribution in [-0.2, 0) is 5.41 Å². The summed E-state index contributed by atoms with van der Waals surface area (Å²) in [7, 11) is 0. The molecule has 3 heteroatoms. The van der Waals surface area contributed by atoms with Crippen LogP contribution in [0.4, 0.5) is 17.1 Å². The standard InChI is InChI=1S/C64H49N3/c1-3-13-47(14-4-1)66-60-21-11-8-18-53(60)55-30-28-50(39-62(55)66)65(51-29-31-56-54-19-9-12-22-61(54)67(63(56)40-51)48-15-5-2-6-16-48)49-26-23-43(24-27-49)44-25-32-59-57(38-44)52-17-7-10-20-58(52)64(59)45-34-41-33-42(36-45)37-46(64)35-41/h1-32,38-42,45-46H,33-37H2. The number of hydrogen-bond acceptors (Lipinski definition) is 1. The molecule has 0 N–H and O–H groups in total. The number of rotatable bonds is 6. The third-order valence-electron chi connectivity index (χ3n) is 16.9. The van der Waals surface area contributed by atoms with E-state index < -0.39 is 0 Å². The molecule has 0 radical (unpaired) electrons. The van der Waals surface area contributed by atoms with Crippen molar-refractivity contribution in [3.8, 4) is 33.6 Å². The summed E-state index contributed by atoms with van der Waals surface area (Å²) in [6, 6.07) is 79.6. The summed E-state index contributed by atoms with van der Waals surface area (Å²) in [6.07, 6.45) is 7.10. The van der Waals surface area contributed by atoms with Crippen LogP contribution in [0.25, 0.3) is 77.2 Å². The Labute approximate surface area is 391 Å². The Bertz CT molecular complexity index is 3580. The van der Waals surface area contributed by atoms with Gasteiger partial charge < -0.3 is 14.0 Å². The molecule has 67 heavy (non-hydrogen) atoms. The Morgan fingerprint density at radius 3 is 1.39 bits per heavy atom. The minimum Gasteiger partial charge on any atom is -0.310 e. The van der Waals surface area contributed by atoms with Gasteiger partial charge in [0.15, 0.2) is 0 Å². The molecular formula is C64H49N3. The van der Waals surface area contributed by atoms with E-state index >= 15 is 0 Å². The topological polar surface area (TPSA) is 13.1 Å². The Morgan fingerprint density at radius 1 is 0.343 bits per heavy atom.